The van der Waals surface area contributed by atoms with Crippen molar-refractivity contribution >= 4 is 11.5 Å². The molecule has 0 bridgehead atoms. The molecule has 0 aliphatic heterocycles. The number of nitrogens with two attached hydrogens (primary N) is 1. The Morgan fingerprint density at radius 3 is 3.00 bits per heavy atom. The van der Waals surface area contributed by atoms with Crippen LogP contribution >= 0.6 is 0 Å². The van der Waals surface area contributed by atoms with Gasteiger partial charge in [0.05, 0.1) is 0 Å². The Bertz CT molecular complexity index is 504. The molecular weight excluding hydrogens is 164 g/mol. The molecule has 13 heavy (non-hydrogen) atoms. The summed E-state index contributed by atoms with van der Waals surface area (Å²) in [7, 11) is 0. The maximum atomic E-state index is 8.68. The summed E-state index contributed by atoms with van der Waals surface area (Å²) in [5.74, 6) is 0.404. The summed E-state index contributed by atoms with van der Waals surface area (Å²) >= 11 is 0. The smallest absolute Gasteiger partial charge is 0.183 e. The third-order valence-corrected chi connectivity index (χ3v) is 1.91. The molecular formula is C9H8N4. The fourth-order valence-corrected chi connectivity index (χ4v) is 1.25. The van der Waals surface area contributed by atoms with Gasteiger partial charge in [-0.3, -0.25) is 4.40 Å². The lowest BCUT2D eigenvalue weighted by molar-refractivity contribution is 1.16. The second kappa shape index (κ2) is 2.49. The van der Waals surface area contributed by atoms with E-state index in [1.807, 2.05) is 31.3 Å². The van der Waals surface area contributed by atoms with Gasteiger partial charge in [0.15, 0.2) is 5.69 Å². The first-order chi connectivity index (χ1) is 6.22. The van der Waals surface area contributed by atoms with E-state index < -0.39 is 0 Å². The SMILES string of the molecule is Cc1ccc2nc(C#N)c(N)n2c1. The number of imidazole rings is 1. The van der Waals surface area contributed by atoms with Gasteiger partial charge >= 0.3 is 0 Å². The quantitative estimate of drug-likeness (QED) is 0.647. The third-order valence-electron chi connectivity index (χ3n) is 1.91. The first-order valence-corrected chi connectivity index (χ1v) is 3.86. The van der Waals surface area contributed by atoms with Gasteiger partial charge in [0.25, 0.3) is 0 Å². The van der Waals surface area contributed by atoms with Gasteiger partial charge in [-0.25, -0.2) is 4.98 Å². The molecule has 0 saturated carbocycles. The summed E-state index contributed by atoms with van der Waals surface area (Å²) in [5.41, 5.74) is 7.77. The molecule has 2 rings (SSSR count). The van der Waals surface area contributed by atoms with E-state index in [1.54, 1.807) is 4.40 Å². The number of fused-ring (bicyclic) bond motifs is 1. The number of hydrogen-bond acceptors (Lipinski definition) is 3. The molecule has 4 nitrogen and oxygen atoms in total. The zero-order valence-electron chi connectivity index (χ0n) is 7.15. The fraction of sp³-hybridized carbons (Fsp3) is 0.111. The number of anilines is 1. The van der Waals surface area contributed by atoms with Crippen LogP contribution in [0.3, 0.4) is 0 Å². The van der Waals surface area contributed by atoms with Crippen molar-refractivity contribution in [3.8, 4) is 6.07 Å². The van der Waals surface area contributed by atoms with Crippen LogP contribution in [0.4, 0.5) is 5.82 Å². The Kier molecular flexibility index (Phi) is 1.46. The van der Waals surface area contributed by atoms with E-state index in [1.165, 1.54) is 0 Å². The minimum absolute atomic E-state index is 0.283. The fourth-order valence-electron chi connectivity index (χ4n) is 1.25. The number of hydrogen-bond donors (Lipinski definition) is 1. The lowest BCUT2D eigenvalue weighted by atomic mass is 10.3. The molecule has 0 aliphatic carbocycles. The zero-order chi connectivity index (χ0) is 9.42. The maximum absolute atomic E-state index is 8.68. The Morgan fingerprint density at radius 2 is 2.31 bits per heavy atom. The van der Waals surface area contributed by atoms with Crippen LogP contribution in [-0.4, -0.2) is 9.38 Å². The Morgan fingerprint density at radius 1 is 1.54 bits per heavy atom. The molecule has 2 heterocycles. The minimum Gasteiger partial charge on any atom is -0.382 e. The molecule has 0 spiro atoms. The highest BCUT2D eigenvalue weighted by Crippen LogP contribution is 2.14. The van der Waals surface area contributed by atoms with Gasteiger partial charge in [-0.2, -0.15) is 5.26 Å². The van der Waals surface area contributed by atoms with Gasteiger partial charge in [-0.05, 0) is 18.6 Å². The van der Waals surface area contributed by atoms with Crippen molar-refractivity contribution < 1.29 is 0 Å². The van der Waals surface area contributed by atoms with Crippen LogP contribution in [0.1, 0.15) is 11.3 Å². The van der Waals surface area contributed by atoms with Crippen molar-refractivity contribution in [2.75, 3.05) is 5.73 Å². The highest BCUT2D eigenvalue weighted by Gasteiger charge is 2.06. The molecule has 0 saturated heterocycles. The van der Waals surface area contributed by atoms with Gasteiger partial charge in [0, 0.05) is 6.20 Å². The van der Waals surface area contributed by atoms with Gasteiger partial charge in [0.2, 0.25) is 0 Å². The molecule has 2 N–H and O–H groups in total. The first-order valence-electron chi connectivity index (χ1n) is 3.86. The van der Waals surface area contributed by atoms with Crippen LogP contribution in [0, 0.1) is 18.3 Å². The predicted molar refractivity (Wildman–Crippen MR) is 49.1 cm³/mol. The van der Waals surface area contributed by atoms with Crippen molar-refractivity contribution in [3.05, 3.63) is 29.6 Å². The molecule has 4 heteroatoms. The summed E-state index contributed by atoms with van der Waals surface area (Å²) < 4.78 is 1.72. The van der Waals surface area contributed by atoms with Crippen LogP contribution < -0.4 is 5.73 Å². The summed E-state index contributed by atoms with van der Waals surface area (Å²) in [6.07, 6.45) is 1.86. The molecule has 0 amide bonds. The van der Waals surface area contributed by atoms with E-state index in [4.69, 9.17) is 11.0 Å². The number of aryl methyl sites for hydroxylation is 1. The molecule has 2 aromatic rings. The summed E-state index contributed by atoms with van der Waals surface area (Å²) in [4.78, 5) is 4.05. The highest BCUT2D eigenvalue weighted by molar-refractivity contribution is 5.57. The molecule has 0 atom stereocenters. The Hall–Kier alpha value is -2.02. The molecule has 2 aromatic heterocycles. The van der Waals surface area contributed by atoms with Crippen LogP contribution in [-0.2, 0) is 0 Å². The minimum atomic E-state index is 0.283. The van der Waals surface area contributed by atoms with Crippen molar-refractivity contribution in [2.24, 2.45) is 0 Å². The van der Waals surface area contributed by atoms with Crippen molar-refractivity contribution in [1.82, 2.24) is 9.38 Å². The van der Waals surface area contributed by atoms with Crippen LogP contribution in [0.15, 0.2) is 18.3 Å². The normalized spacial score (nSPS) is 10.2. The predicted octanol–water partition coefficient (Wildman–Crippen LogP) is 1.10. The third kappa shape index (κ3) is 1.02. The van der Waals surface area contributed by atoms with E-state index in [9.17, 15) is 0 Å². The van der Waals surface area contributed by atoms with Gasteiger partial charge in [-0.15, -0.1) is 0 Å². The number of nitrogen functional groups attached to an aromatic ring is 1. The largest absolute Gasteiger partial charge is 0.382 e. The standard InChI is InChI=1S/C9H8N4/c1-6-2-3-8-12-7(4-10)9(11)13(8)5-6/h2-3,5H,11H2,1H3. The summed E-state index contributed by atoms with van der Waals surface area (Å²) in [6.45, 7) is 1.96. The van der Waals surface area contributed by atoms with E-state index in [0.717, 1.165) is 5.56 Å². The molecule has 0 aliphatic rings. The molecule has 64 valence electrons. The number of pyridine rings is 1. The van der Waals surface area contributed by atoms with Gasteiger partial charge in [0.1, 0.15) is 17.5 Å². The van der Waals surface area contributed by atoms with Gasteiger partial charge in [-0.1, -0.05) is 6.07 Å². The number of rotatable bonds is 0. The lowest BCUT2D eigenvalue weighted by Gasteiger charge is -1.96. The Labute approximate surface area is 75.2 Å². The van der Waals surface area contributed by atoms with E-state index in [0.29, 0.717) is 11.5 Å². The first kappa shape index (κ1) is 7.62. The van der Waals surface area contributed by atoms with Gasteiger partial charge < -0.3 is 5.73 Å². The van der Waals surface area contributed by atoms with E-state index >= 15 is 0 Å². The second-order valence-corrected chi connectivity index (χ2v) is 2.89. The molecule has 0 fully saturated rings. The van der Waals surface area contributed by atoms with Crippen LogP contribution in [0.5, 0.6) is 0 Å². The monoisotopic (exact) mass is 172 g/mol. The topological polar surface area (TPSA) is 67.1 Å². The van der Waals surface area contributed by atoms with Crippen molar-refractivity contribution in [1.29, 1.82) is 5.26 Å². The number of aromatic nitrogens is 2. The van der Waals surface area contributed by atoms with E-state index in [2.05, 4.69) is 4.98 Å². The Balaban J connectivity index is 2.87. The summed E-state index contributed by atoms with van der Waals surface area (Å²) in [5, 5.41) is 8.68. The number of nitriles is 1. The summed E-state index contributed by atoms with van der Waals surface area (Å²) in [6, 6.07) is 5.72. The lowest BCUT2D eigenvalue weighted by Crippen LogP contribution is -1.94. The van der Waals surface area contributed by atoms with Crippen molar-refractivity contribution in [3.63, 3.8) is 0 Å². The van der Waals surface area contributed by atoms with Crippen LogP contribution in [0.25, 0.3) is 5.65 Å². The molecule has 0 unspecified atom stereocenters. The zero-order valence-corrected chi connectivity index (χ0v) is 7.15. The van der Waals surface area contributed by atoms with Crippen molar-refractivity contribution in [2.45, 2.75) is 6.92 Å². The second-order valence-electron chi connectivity index (χ2n) is 2.89. The van der Waals surface area contributed by atoms with E-state index in [-0.39, 0.29) is 5.69 Å². The molecule has 0 aromatic carbocycles. The molecule has 0 radical (unpaired) electrons. The number of nitrogens with zero attached hydrogens (tertiary/aromatic N) is 3. The maximum Gasteiger partial charge on any atom is 0.183 e. The average molecular weight is 172 g/mol. The average Bonchev–Trinajstić information content (AvgIpc) is 2.44. The highest BCUT2D eigenvalue weighted by atomic mass is 15.1. The van der Waals surface area contributed by atoms with Crippen LogP contribution in [0.2, 0.25) is 0 Å².